The molecule has 8 nitrogen and oxygen atoms in total. The number of ether oxygens (including phenoxy) is 2. The minimum absolute atomic E-state index is 0.0461. The number of aliphatic carboxylic acids is 1. The summed E-state index contributed by atoms with van der Waals surface area (Å²) in [5.41, 5.74) is 2.39. The van der Waals surface area contributed by atoms with Crippen molar-refractivity contribution in [3.63, 3.8) is 0 Å². The Balaban J connectivity index is 1.52. The van der Waals surface area contributed by atoms with Crippen molar-refractivity contribution in [1.29, 1.82) is 0 Å². The van der Waals surface area contributed by atoms with Gasteiger partial charge in [0.2, 0.25) is 0 Å². The van der Waals surface area contributed by atoms with E-state index in [4.69, 9.17) is 14.6 Å². The summed E-state index contributed by atoms with van der Waals surface area (Å²) in [7, 11) is 1.51. The van der Waals surface area contributed by atoms with Gasteiger partial charge in [-0.25, -0.2) is 4.79 Å². The Hall–Kier alpha value is -4.33. The van der Waals surface area contributed by atoms with Gasteiger partial charge in [0.25, 0.3) is 11.8 Å². The molecule has 0 radical (unpaired) electrons. The van der Waals surface area contributed by atoms with Gasteiger partial charge >= 0.3 is 5.97 Å². The normalized spacial score (nSPS) is 13.3. The summed E-state index contributed by atoms with van der Waals surface area (Å²) in [6, 6.07) is 21.4. The Morgan fingerprint density at radius 1 is 0.800 bits per heavy atom. The lowest BCUT2D eigenvalue weighted by atomic mass is 10.0. The maximum Gasteiger partial charge on any atom is 0.341 e. The molecule has 0 saturated carbocycles. The summed E-state index contributed by atoms with van der Waals surface area (Å²) in [6.45, 7) is 1.22. The quantitative estimate of drug-likeness (QED) is 0.564. The van der Waals surface area contributed by atoms with Gasteiger partial charge in [-0.2, -0.15) is 0 Å². The predicted molar refractivity (Wildman–Crippen MR) is 130 cm³/mol. The number of carboxylic acid groups (broad SMARTS) is 1. The number of piperazine rings is 1. The molecule has 1 fully saturated rings. The van der Waals surface area contributed by atoms with Crippen LogP contribution in [0.2, 0.25) is 0 Å². The Kier molecular flexibility index (Phi) is 7.30. The highest BCUT2D eigenvalue weighted by Gasteiger charge is 2.27. The number of rotatable bonds is 7. The predicted octanol–water partition coefficient (Wildman–Crippen LogP) is 3.42. The lowest BCUT2D eigenvalue weighted by Gasteiger charge is -2.35. The highest BCUT2D eigenvalue weighted by atomic mass is 16.5. The second-order valence-electron chi connectivity index (χ2n) is 8.04. The number of para-hydroxylation sites is 1. The molecule has 3 aromatic rings. The summed E-state index contributed by atoms with van der Waals surface area (Å²) >= 11 is 0. The standard InChI is InChI=1S/C27H26N2O6/c1-34-23-12-11-20(21-9-5-6-10-24(21)35-18-25(30)31)17-22(23)27(33)29-15-13-28(14-16-29)26(32)19-7-3-2-4-8-19/h2-12,17H,13-16,18H2,1H3,(H,30,31). The largest absolute Gasteiger partial charge is 0.496 e. The number of amides is 2. The number of carboxylic acids is 1. The Labute approximate surface area is 203 Å². The van der Waals surface area contributed by atoms with Gasteiger partial charge in [0, 0.05) is 37.3 Å². The maximum atomic E-state index is 13.4. The van der Waals surface area contributed by atoms with Crippen molar-refractivity contribution in [2.45, 2.75) is 0 Å². The van der Waals surface area contributed by atoms with Gasteiger partial charge in [0.1, 0.15) is 11.5 Å². The van der Waals surface area contributed by atoms with Crippen molar-refractivity contribution in [3.8, 4) is 22.6 Å². The molecule has 1 N–H and O–H groups in total. The fraction of sp³-hybridized carbons (Fsp3) is 0.222. The minimum Gasteiger partial charge on any atom is -0.496 e. The van der Waals surface area contributed by atoms with Crippen LogP contribution in [0.25, 0.3) is 11.1 Å². The van der Waals surface area contributed by atoms with Crippen LogP contribution in [-0.4, -0.2) is 72.6 Å². The molecule has 8 heteroatoms. The van der Waals surface area contributed by atoms with Gasteiger partial charge in [-0.15, -0.1) is 0 Å². The Bertz CT molecular complexity index is 1220. The molecular formula is C27H26N2O6. The molecule has 3 aromatic carbocycles. The van der Waals surface area contributed by atoms with Crippen LogP contribution in [0.1, 0.15) is 20.7 Å². The van der Waals surface area contributed by atoms with E-state index in [0.717, 1.165) is 0 Å². The van der Waals surface area contributed by atoms with Crippen LogP contribution in [0, 0.1) is 0 Å². The summed E-state index contributed by atoms with van der Waals surface area (Å²) in [6.07, 6.45) is 0. The van der Waals surface area contributed by atoms with E-state index in [9.17, 15) is 14.4 Å². The van der Waals surface area contributed by atoms with Crippen molar-refractivity contribution in [1.82, 2.24) is 9.80 Å². The lowest BCUT2D eigenvalue weighted by Crippen LogP contribution is -2.50. The second-order valence-corrected chi connectivity index (χ2v) is 8.04. The zero-order valence-corrected chi connectivity index (χ0v) is 19.3. The molecule has 4 rings (SSSR count). The van der Waals surface area contributed by atoms with Crippen molar-refractivity contribution in [3.05, 3.63) is 83.9 Å². The van der Waals surface area contributed by atoms with E-state index in [0.29, 0.717) is 59.9 Å². The fourth-order valence-corrected chi connectivity index (χ4v) is 4.06. The van der Waals surface area contributed by atoms with Gasteiger partial charge in [-0.05, 0) is 35.9 Å². The van der Waals surface area contributed by atoms with E-state index >= 15 is 0 Å². The highest BCUT2D eigenvalue weighted by molar-refractivity contribution is 5.99. The number of nitrogens with zero attached hydrogens (tertiary/aromatic N) is 2. The Morgan fingerprint density at radius 2 is 1.43 bits per heavy atom. The number of hydrogen-bond donors (Lipinski definition) is 1. The van der Waals surface area contributed by atoms with E-state index in [2.05, 4.69) is 0 Å². The number of carbonyl (C=O) groups excluding carboxylic acids is 2. The SMILES string of the molecule is COc1ccc(-c2ccccc2OCC(=O)O)cc1C(=O)N1CCN(C(=O)c2ccccc2)CC1. The molecule has 0 spiro atoms. The van der Waals surface area contributed by atoms with Crippen LogP contribution < -0.4 is 9.47 Å². The van der Waals surface area contributed by atoms with Crippen LogP contribution in [0.3, 0.4) is 0 Å². The van der Waals surface area contributed by atoms with E-state index in [1.54, 1.807) is 58.3 Å². The molecule has 0 aliphatic carbocycles. The third kappa shape index (κ3) is 5.43. The topological polar surface area (TPSA) is 96.4 Å². The van der Waals surface area contributed by atoms with Crippen molar-refractivity contribution in [2.75, 3.05) is 39.9 Å². The zero-order chi connectivity index (χ0) is 24.8. The fourth-order valence-electron chi connectivity index (χ4n) is 4.06. The second kappa shape index (κ2) is 10.7. The molecule has 1 heterocycles. The van der Waals surface area contributed by atoms with Gasteiger partial charge in [0.15, 0.2) is 6.61 Å². The molecule has 35 heavy (non-hydrogen) atoms. The first-order valence-electron chi connectivity index (χ1n) is 11.2. The minimum atomic E-state index is -1.07. The average molecular weight is 475 g/mol. The third-order valence-corrected chi connectivity index (χ3v) is 5.85. The number of benzene rings is 3. The Morgan fingerprint density at radius 3 is 2.09 bits per heavy atom. The van der Waals surface area contributed by atoms with Crippen molar-refractivity contribution < 1.29 is 29.0 Å². The first-order valence-corrected chi connectivity index (χ1v) is 11.2. The molecule has 1 aliphatic heterocycles. The monoisotopic (exact) mass is 474 g/mol. The van der Waals surface area contributed by atoms with Crippen LogP contribution in [0.4, 0.5) is 0 Å². The zero-order valence-electron chi connectivity index (χ0n) is 19.3. The maximum absolute atomic E-state index is 13.4. The van der Waals surface area contributed by atoms with E-state index in [-0.39, 0.29) is 11.8 Å². The molecular weight excluding hydrogens is 448 g/mol. The smallest absolute Gasteiger partial charge is 0.341 e. The van der Waals surface area contributed by atoms with E-state index in [1.165, 1.54) is 7.11 Å². The first kappa shape index (κ1) is 23.8. The van der Waals surface area contributed by atoms with Gasteiger partial charge in [-0.3, -0.25) is 9.59 Å². The average Bonchev–Trinajstić information content (AvgIpc) is 2.91. The van der Waals surface area contributed by atoms with Crippen molar-refractivity contribution >= 4 is 17.8 Å². The molecule has 0 aromatic heterocycles. The molecule has 0 unspecified atom stereocenters. The van der Waals surface area contributed by atoms with Crippen LogP contribution in [0.5, 0.6) is 11.5 Å². The third-order valence-electron chi connectivity index (χ3n) is 5.85. The molecule has 0 bridgehead atoms. The van der Waals surface area contributed by atoms with E-state index in [1.807, 2.05) is 24.3 Å². The number of carbonyl (C=O) groups is 3. The van der Waals surface area contributed by atoms with Crippen LogP contribution >= 0.6 is 0 Å². The molecule has 2 amide bonds. The summed E-state index contributed by atoms with van der Waals surface area (Å²) < 4.78 is 10.9. The van der Waals surface area contributed by atoms with Gasteiger partial charge < -0.3 is 24.4 Å². The summed E-state index contributed by atoms with van der Waals surface area (Å²) in [5.74, 6) is -0.470. The molecule has 1 aliphatic rings. The molecule has 0 atom stereocenters. The van der Waals surface area contributed by atoms with Crippen molar-refractivity contribution in [2.24, 2.45) is 0 Å². The lowest BCUT2D eigenvalue weighted by molar-refractivity contribution is -0.139. The molecule has 180 valence electrons. The highest BCUT2D eigenvalue weighted by Crippen LogP contribution is 2.33. The number of hydrogen-bond acceptors (Lipinski definition) is 5. The summed E-state index contributed by atoms with van der Waals surface area (Å²) in [4.78, 5) is 40.6. The van der Waals surface area contributed by atoms with Gasteiger partial charge in [0.05, 0.1) is 12.7 Å². The van der Waals surface area contributed by atoms with Crippen LogP contribution in [0.15, 0.2) is 72.8 Å². The van der Waals surface area contributed by atoms with E-state index < -0.39 is 12.6 Å². The number of methoxy groups -OCH3 is 1. The van der Waals surface area contributed by atoms with Gasteiger partial charge in [-0.1, -0.05) is 42.5 Å². The summed E-state index contributed by atoms with van der Waals surface area (Å²) in [5, 5.41) is 8.97. The first-order chi connectivity index (χ1) is 17.0. The molecule has 1 saturated heterocycles. The van der Waals surface area contributed by atoms with Crippen LogP contribution in [-0.2, 0) is 4.79 Å².